The van der Waals surface area contributed by atoms with Crippen molar-refractivity contribution in [3.05, 3.63) is 29.3 Å². The van der Waals surface area contributed by atoms with Gasteiger partial charge in [0.05, 0.1) is 19.3 Å². The monoisotopic (exact) mass is 251 g/mol. The molecule has 0 aliphatic carbocycles. The quantitative estimate of drug-likeness (QED) is 0.808. The van der Waals surface area contributed by atoms with Crippen LogP contribution >= 0.6 is 0 Å². The van der Waals surface area contributed by atoms with E-state index in [4.69, 9.17) is 9.47 Å². The van der Waals surface area contributed by atoms with Crippen molar-refractivity contribution in [1.29, 1.82) is 0 Å². The molecule has 3 heteroatoms. The molecule has 0 spiro atoms. The molecular weight excluding hydrogens is 226 g/mol. The third-order valence-corrected chi connectivity index (χ3v) is 3.28. The molecule has 1 aromatic rings. The molecule has 0 aromatic heterocycles. The van der Waals surface area contributed by atoms with Crippen LogP contribution in [0.4, 0.5) is 0 Å². The normalized spacial score (nSPS) is 14.3. The molecule has 0 saturated carbocycles. The molecule has 0 heterocycles. The Morgan fingerprint density at radius 1 is 1.28 bits per heavy atom. The molecule has 0 aliphatic rings. The van der Waals surface area contributed by atoms with Gasteiger partial charge in [-0.1, -0.05) is 13.0 Å². The van der Waals surface area contributed by atoms with E-state index in [9.17, 15) is 0 Å². The summed E-state index contributed by atoms with van der Waals surface area (Å²) >= 11 is 0. The highest BCUT2D eigenvalue weighted by atomic mass is 16.5. The largest absolute Gasteiger partial charge is 0.497 e. The Hall–Kier alpha value is -1.06. The molecule has 0 amide bonds. The van der Waals surface area contributed by atoms with Gasteiger partial charge < -0.3 is 14.8 Å². The zero-order valence-corrected chi connectivity index (χ0v) is 12.1. The second kappa shape index (κ2) is 7.39. The predicted octanol–water partition coefficient (Wildman–Crippen LogP) is 3.08. The van der Waals surface area contributed by atoms with Gasteiger partial charge in [0.2, 0.25) is 0 Å². The fourth-order valence-electron chi connectivity index (χ4n) is 2.33. The van der Waals surface area contributed by atoms with E-state index < -0.39 is 0 Å². The van der Waals surface area contributed by atoms with Gasteiger partial charge in [-0.2, -0.15) is 0 Å². The summed E-state index contributed by atoms with van der Waals surface area (Å²) in [6.45, 7) is 7.05. The molecular formula is C15H25NO2. The maximum atomic E-state index is 5.82. The van der Waals surface area contributed by atoms with Crippen LogP contribution in [0.5, 0.6) is 5.75 Å². The molecule has 1 aromatic carbocycles. The summed E-state index contributed by atoms with van der Waals surface area (Å²) in [7, 11) is 3.68. The minimum absolute atomic E-state index is 0.201. The van der Waals surface area contributed by atoms with Crippen molar-refractivity contribution in [3.63, 3.8) is 0 Å². The third kappa shape index (κ3) is 3.47. The van der Waals surface area contributed by atoms with Crippen molar-refractivity contribution < 1.29 is 9.47 Å². The van der Waals surface area contributed by atoms with Crippen molar-refractivity contribution in [2.24, 2.45) is 0 Å². The highest BCUT2D eigenvalue weighted by Crippen LogP contribution is 2.27. The van der Waals surface area contributed by atoms with Crippen LogP contribution in [0.3, 0.4) is 0 Å². The fourth-order valence-corrected chi connectivity index (χ4v) is 2.33. The summed E-state index contributed by atoms with van der Waals surface area (Å²) in [5, 5.41) is 3.37. The second-order valence-electron chi connectivity index (χ2n) is 4.39. The molecule has 0 radical (unpaired) electrons. The van der Waals surface area contributed by atoms with Crippen LogP contribution in [0.1, 0.15) is 37.4 Å². The number of hydrogen-bond donors (Lipinski definition) is 1. The summed E-state index contributed by atoms with van der Waals surface area (Å²) in [5.41, 5.74) is 2.51. The maximum Gasteiger partial charge on any atom is 0.119 e. The molecule has 1 rings (SSSR count). The number of methoxy groups -OCH3 is 1. The minimum atomic E-state index is 0.201. The average molecular weight is 251 g/mol. The molecule has 18 heavy (non-hydrogen) atoms. The van der Waals surface area contributed by atoms with Crippen LogP contribution in [0.25, 0.3) is 0 Å². The van der Waals surface area contributed by atoms with E-state index in [-0.39, 0.29) is 12.1 Å². The number of aryl methyl sites for hydroxylation is 1. The first-order valence-corrected chi connectivity index (χ1v) is 6.61. The number of rotatable bonds is 7. The van der Waals surface area contributed by atoms with Crippen molar-refractivity contribution in [1.82, 2.24) is 5.32 Å². The topological polar surface area (TPSA) is 30.5 Å². The van der Waals surface area contributed by atoms with Crippen LogP contribution < -0.4 is 10.1 Å². The lowest BCUT2D eigenvalue weighted by atomic mass is 9.95. The summed E-state index contributed by atoms with van der Waals surface area (Å²) < 4.78 is 11.1. The van der Waals surface area contributed by atoms with Gasteiger partial charge in [0.1, 0.15) is 5.75 Å². The first-order chi connectivity index (χ1) is 8.67. The Morgan fingerprint density at radius 3 is 2.44 bits per heavy atom. The Morgan fingerprint density at radius 2 is 2.00 bits per heavy atom. The molecule has 3 nitrogen and oxygen atoms in total. The van der Waals surface area contributed by atoms with E-state index in [0.717, 1.165) is 18.8 Å². The number of ether oxygens (including phenoxy) is 2. The molecule has 0 bridgehead atoms. The van der Waals surface area contributed by atoms with Gasteiger partial charge in [0, 0.05) is 6.61 Å². The van der Waals surface area contributed by atoms with E-state index in [1.54, 1.807) is 7.11 Å². The maximum absolute atomic E-state index is 5.82. The van der Waals surface area contributed by atoms with Gasteiger partial charge in [0.25, 0.3) is 0 Å². The van der Waals surface area contributed by atoms with Gasteiger partial charge in [-0.15, -0.1) is 0 Å². The highest BCUT2D eigenvalue weighted by molar-refractivity contribution is 5.37. The number of hydrogen-bond acceptors (Lipinski definition) is 3. The molecule has 0 aliphatic heterocycles. The summed E-state index contributed by atoms with van der Waals surface area (Å²) in [6, 6.07) is 6.42. The van der Waals surface area contributed by atoms with Gasteiger partial charge in [-0.05, 0) is 50.6 Å². The van der Waals surface area contributed by atoms with E-state index in [0.29, 0.717) is 0 Å². The highest BCUT2D eigenvalue weighted by Gasteiger charge is 2.22. The molecule has 0 fully saturated rings. The molecule has 0 saturated heterocycles. The first-order valence-electron chi connectivity index (χ1n) is 6.61. The van der Waals surface area contributed by atoms with Crippen LogP contribution in [0.2, 0.25) is 0 Å². The van der Waals surface area contributed by atoms with E-state index in [2.05, 4.69) is 31.3 Å². The van der Waals surface area contributed by atoms with Crippen LogP contribution in [0, 0.1) is 6.92 Å². The number of likely N-dealkylation sites (N-methyl/N-ethyl adjacent to an activating group) is 1. The number of benzene rings is 1. The predicted molar refractivity (Wildman–Crippen MR) is 75.2 cm³/mol. The number of nitrogens with one attached hydrogen (secondary N) is 1. The molecule has 2 unspecified atom stereocenters. The lowest BCUT2D eigenvalue weighted by Crippen LogP contribution is -2.31. The van der Waals surface area contributed by atoms with Gasteiger partial charge in [0.15, 0.2) is 0 Å². The minimum Gasteiger partial charge on any atom is -0.497 e. The second-order valence-corrected chi connectivity index (χ2v) is 4.39. The van der Waals surface area contributed by atoms with Crippen LogP contribution in [-0.4, -0.2) is 26.9 Å². The van der Waals surface area contributed by atoms with Gasteiger partial charge >= 0.3 is 0 Å². The molecule has 102 valence electrons. The van der Waals surface area contributed by atoms with Gasteiger partial charge in [-0.3, -0.25) is 0 Å². The van der Waals surface area contributed by atoms with Crippen molar-refractivity contribution in [2.45, 2.75) is 39.3 Å². The Bertz CT molecular complexity index is 366. The SMILES string of the molecule is CCOC(CC)C(NC)c1ccc(OC)cc1C. The Balaban J connectivity index is 3.00. The Labute approximate surface area is 110 Å². The van der Waals surface area contributed by atoms with Crippen LogP contribution in [0.15, 0.2) is 18.2 Å². The summed E-state index contributed by atoms with van der Waals surface area (Å²) in [5.74, 6) is 0.899. The van der Waals surface area contributed by atoms with Crippen molar-refractivity contribution >= 4 is 0 Å². The smallest absolute Gasteiger partial charge is 0.119 e. The Kier molecular flexibility index (Phi) is 6.16. The molecule has 1 N–H and O–H groups in total. The zero-order valence-electron chi connectivity index (χ0n) is 12.1. The van der Waals surface area contributed by atoms with E-state index in [1.807, 2.05) is 20.0 Å². The third-order valence-electron chi connectivity index (χ3n) is 3.28. The lowest BCUT2D eigenvalue weighted by molar-refractivity contribution is 0.0332. The van der Waals surface area contributed by atoms with Crippen LogP contribution in [-0.2, 0) is 4.74 Å². The molecule has 2 atom stereocenters. The van der Waals surface area contributed by atoms with E-state index in [1.165, 1.54) is 11.1 Å². The first kappa shape index (κ1) is 15.0. The summed E-state index contributed by atoms with van der Waals surface area (Å²) in [6.07, 6.45) is 1.19. The standard InChI is InChI=1S/C15H25NO2/c1-6-14(18-7-2)15(16-4)13-9-8-12(17-5)10-11(13)3/h8-10,14-16H,6-7H2,1-5H3. The van der Waals surface area contributed by atoms with Crippen molar-refractivity contribution in [3.8, 4) is 5.75 Å². The lowest BCUT2D eigenvalue weighted by Gasteiger charge is -2.27. The van der Waals surface area contributed by atoms with Gasteiger partial charge in [-0.25, -0.2) is 0 Å². The van der Waals surface area contributed by atoms with Crippen molar-refractivity contribution in [2.75, 3.05) is 20.8 Å². The average Bonchev–Trinajstić information content (AvgIpc) is 2.39. The fraction of sp³-hybridized carbons (Fsp3) is 0.600. The van der Waals surface area contributed by atoms with E-state index >= 15 is 0 Å². The zero-order chi connectivity index (χ0) is 13.5. The summed E-state index contributed by atoms with van der Waals surface area (Å²) in [4.78, 5) is 0.